The van der Waals surface area contributed by atoms with Crippen molar-refractivity contribution in [3.8, 4) is 0 Å². The van der Waals surface area contributed by atoms with Crippen molar-refractivity contribution < 1.29 is 19.5 Å². The molecule has 2 saturated carbocycles. The van der Waals surface area contributed by atoms with E-state index in [4.69, 9.17) is 0 Å². The fourth-order valence-electron chi connectivity index (χ4n) is 4.45. The third-order valence-corrected chi connectivity index (χ3v) is 6.18. The van der Waals surface area contributed by atoms with Crippen molar-refractivity contribution in [2.45, 2.75) is 82.3 Å². The molecule has 2 aliphatic rings. The molecule has 1 aromatic heterocycles. The van der Waals surface area contributed by atoms with E-state index in [1.165, 1.54) is 28.4 Å². The highest BCUT2D eigenvalue weighted by atomic mass is 16.4. The number of nitrogens with zero attached hydrogens (tertiary/aromatic N) is 3. The van der Waals surface area contributed by atoms with E-state index < -0.39 is 11.5 Å². The van der Waals surface area contributed by atoms with Gasteiger partial charge in [-0.25, -0.2) is 4.79 Å². The highest BCUT2D eigenvalue weighted by molar-refractivity contribution is 5.97. The molecule has 0 aliphatic heterocycles. The number of amides is 2. The minimum Gasteiger partial charge on any atom is -0.479 e. The van der Waals surface area contributed by atoms with Gasteiger partial charge in [-0.2, -0.15) is 5.10 Å². The molecule has 154 valence electrons. The number of carbonyl (C=O) groups excluding carboxylic acids is 2. The average molecular weight is 390 g/mol. The molecule has 0 radical (unpaired) electrons. The van der Waals surface area contributed by atoms with Gasteiger partial charge in [0.25, 0.3) is 5.91 Å². The molecule has 0 atom stereocenters. The van der Waals surface area contributed by atoms with E-state index in [1.807, 2.05) is 0 Å². The summed E-state index contributed by atoms with van der Waals surface area (Å²) in [6.45, 7) is 0.0531. The van der Waals surface area contributed by atoms with Gasteiger partial charge in [0.2, 0.25) is 5.91 Å². The Hall–Kier alpha value is -2.38. The summed E-state index contributed by atoms with van der Waals surface area (Å²) in [7, 11) is 1.55. The predicted molar refractivity (Wildman–Crippen MR) is 103 cm³/mol. The lowest BCUT2D eigenvalue weighted by atomic mass is 9.80. The van der Waals surface area contributed by atoms with Gasteiger partial charge in [0.1, 0.15) is 12.1 Å². The molecule has 0 aromatic carbocycles. The molecule has 28 heavy (non-hydrogen) atoms. The Labute approximate surface area is 165 Å². The largest absolute Gasteiger partial charge is 0.479 e. The maximum absolute atomic E-state index is 12.9. The number of rotatable bonds is 6. The van der Waals surface area contributed by atoms with Crippen LogP contribution in [0.1, 0.15) is 74.6 Å². The third-order valence-electron chi connectivity index (χ3n) is 6.18. The van der Waals surface area contributed by atoms with Crippen LogP contribution in [0.15, 0.2) is 12.4 Å². The normalized spacial score (nSPS) is 19.8. The van der Waals surface area contributed by atoms with E-state index in [0.717, 1.165) is 44.9 Å². The van der Waals surface area contributed by atoms with Crippen LogP contribution >= 0.6 is 0 Å². The van der Waals surface area contributed by atoms with Crippen LogP contribution in [0.25, 0.3) is 0 Å². The summed E-state index contributed by atoms with van der Waals surface area (Å²) >= 11 is 0. The summed E-state index contributed by atoms with van der Waals surface area (Å²) < 4.78 is 1.44. The van der Waals surface area contributed by atoms with E-state index in [1.54, 1.807) is 7.05 Å². The summed E-state index contributed by atoms with van der Waals surface area (Å²) in [6.07, 6.45) is 12.0. The van der Waals surface area contributed by atoms with Gasteiger partial charge in [-0.05, 0) is 25.7 Å². The Balaban J connectivity index is 1.62. The van der Waals surface area contributed by atoms with Crippen molar-refractivity contribution in [3.05, 3.63) is 18.0 Å². The summed E-state index contributed by atoms with van der Waals surface area (Å²) in [5.74, 6) is -1.44. The molecule has 2 amide bonds. The lowest BCUT2D eigenvalue weighted by Gasteiger charge is -2.40. The Morgan fingerprint density at radius 2 is 1.82 bits per heavy atom. The van der Waals surface area contributed by atoms with Crippen LogP contribution in [-0.2, 0) is 16.1 Å². The molecule has 8 heteroatoms. The molecule has 3 rings (SSSR count). The lowest BCUT2D eigenvalue weighted by Crippen LogP contribution is -2.56. The third kappa shape index (κ3) is 4.36. The number of carboxylic acids is 1. The molecule has 2 fully saturated rings. The Morgan fingerprint density at radius 1 is 1.18 bits per heavy atom. The van der Waals surface area contributed by atoms with Gasteiger partial charge in [-0.3, -0.25) is 14.3 Å². The first-order valence-corrected chi connectivity index (χ1v) is 10.3. The van der Waals surface area contributed by atoms with Gasteiger partial charge in [0.05, 0.1) is 11.8 Å². The first kappa shape index (κ1) is 20.4. The topological polar surface area (TPSA) is 105 Å². The maximum atomic E-state index is 12.9. The Bertz CT molecular complexity index is 718. The number of nitrogens with one attached hydrogen (secondary N) is 1. The number of hydrogen-bond acceptors (Lipinski definition) is 4. The molecule has 2 aliphatic carbocycles. The van der Waals surface area contributed by atoms with Gasteiger partial charge < -0.3 is 15.3 Å². The summed E-state index contributed by atoms with van der Waals surface area (Å²) in [5, 5.41) is 16.9. The average Bonchev–Trinajstić information content (AvgIpc) is 3.16. The number of carbonyl (C=O) groups is 3. The van der Waals surface area contributed by atoms with Crippen LogP contribution in [0.5, 0.6) is 0 Å². The van der Waals surface area contributed by atoms with Crippen molar-refractivity contribution >= 4 is 17.8 Å². The van der Waals surface area contributed by atoms with Crippen LogP contribution in [-0.4, -0.2) is 56.2 Å². The second kappa shape index (κ2) is 8.75. The number of hydrogen-bond donors (Lipinski definition) is 2. The molecule has 0 unspecified atom stereocenters. The first-order chi connectivity index (χ1) is 13.4. The van der Waals surface area contributed by atoms with Gasteiger partial charge in [0, 0.05) is 19.3 Å². The highest BCUT2D eigenvalue weighted by Gasteiger charge is 2.45. The fourth-order valence-corrected chi connectivity index (χ4v) is 4.45. The quantitative estimate of drug-likeness (QED) is 0.775. The number of likely N-dealkylation sites (N-methyl/N-ethyl adjacent to an activating group) is 1. The van der Waals surface area contributed by atoms with Gasteiger partial charge >= 0.3 is 5.97 Å². The minimum atomic E-state index is -1.16. The molecule has 0 spiro atoms. The van der Waals surface area contributed by atoms with E-state index in [-0.39, 0.29) is 24.4 Å². The van der Waals surface area contributed by atoms with Crippen LogP contribution < -0.4 is 5.32 Å². The van der Waals surface area contributed by atoms with E-state index >= 15 is 0 Å². The fraction of sp³-hybridized carbons (Fsp3) is 0.700. The van der Waals surface area contributed by atoms with Gasteiger partial charge in [-0.1, -0.05) is 38.5 Å². The van der Waals surface area contributed by atoms with Gasteiger partial charge in [-0.15, -0.1) is 0 Å². The molecule has 1 aromatic rings. The summed E-state index contributed by atoms with van der Waals surface area (Å²) in [6, 6.07) is 0.228. The van der Waals surface area contributed by atoms with E-state index in [2.05, 4.69) is 10.4 Å². The zero-order valence-corrected chi connectivity index (χ0v) is 16.5. The van der Waals surface area contributed by atoms with E-state index in [9.17, 15) is 19.5 Å². The summed E-state index contributed by atoms with van der Waals surface area (Å²) in [5.41, 5.74) is -0.852. The van der Waals surface area contributed by atoms with Crippen LogP contribution in [0.4, 0.5) is 0 Å². The molecule has 0 bridgehead atoms. The second-order valence-electron chi connectivity index (χ2n) is 8.09. The molecular formula is C20H30N4O4. The maximum Gasteiger partial charge on any atom is 0.329 e. The number of aliphatic carboxylic acids is 1. The van der Waals surface area contributed by atoms with E-state index in [0.29, 0.717) is 18.4 Å². The monoisotopic (exact) mass is 390 g/mol. The lowest BCUT2D eigenvalue weighted by molar-refractivity contribution is -0.151. The van der Waals surface area contributed by atoms with Crippen molar-refractivity contribution in [1.82, 2.24) is 20.0 Å². The number of carboxylic acid groups (broad SMARTS) is 1. The smallest absolute Gasteiger partial charge is 0.329 e. The number of aromatic nitrogens is 2. The zero-order valence-electron chi connectivity index (χ0n) is 16.5. The van der Waals surface area contributed by atoms with Crippen molar-refractivity contribution in [2.75, 3.05) is 7.05 Å². The van der Waals surface area contributed by atoms with Crippen LogP contribution in [0, 0.1) is 0 Å². The molecule has 2 N–H and O–H groups in total. The predicted octanol–water partition coefficient (Wildman–Crippen LogP) is 2.19. The van der Waals surface area contributed by atoms with Crippen molar-refractivity contribution in [3.63, 3.8) is 0 Å². The SMILES string of the molecule is CN(C(=O)c1cnn(CC(=O)NC2CCCCC2)c1)C1(C(=O)O)CCCCC1. The van der Waals surface area contributed by atoms with Crippen LogP contribution in [0.3, 0.4) is 0 Å². The first-order valence-electron chi connectivity index (χ1n) is 10.3. The highest BCUT2D eigenvalue weighted by Crippen LogP contribution is 2.34. The molecular weight excluding hydrogens is 360 g/mol. The van der Waals surface area contributed by atoms with Crippen LogP contribution in [0.2, 0.25) is 0 Å². The molecule has 0 saturated heterocycles. The van der Waals surface area contributed by atoms with Gasteiger partial charge in [0.15, 0.2) is 0 Å². The standard InChI is InChI=1S/C20H30N4O4/c1-23(20(19(27)28)10-6-3-7-11-20)18(26)15-12-21-24(13-15)14-17(25)22-16-8-4-2-5-9-16/h12-13,16H,2-11,14H2,1H3,(H,22,25)(H,27,28). The second-order valence-corrected chi connectivity index (χ2v) is 8.09. The van der Waals surface area contributed by atoms with Crippen molar-refractivity contribution in [1.29, 1.82) is 0 Å². The summed E-state index contributed by atoms with van der Waals surface area (Å²) in [4.78, 5) is 38.4. The van der Waals surface area contributed by atoms with Crippen molar-refractivity contribution in [2.24, 2.45) is 0 Å². The molecule has 8 nitrogen and oxygen atoms in total. The Kier molecular flexibility index (Phi) is 6.36. The molecule has 1 heterocycles. The Morgan fingerprint density at radius 3 is 2.46 bits per heavy atom. The zero-order chi connectivity index (χ0) is 20.1. The minimum absolute atomic E-state index is 0.0531.